The van der Waals surface area contributed by atoms with E-state index in [1.165, 1.54) is 41.9 Å². The second-order valence-electron chi connectivity index (χ2n) is 9.58. The Morgan fingerprint density at radius 2 is 1.55 bits per heavy atom. The van der Waals surface area contributed by atoms with E-state index in [0.717, 1.165) is 12.1 Å². The summed E-state index contributed by atoms with van der Waals surface area (Å²) >= 11 is 0. The number of carbonyl (C=O) groups excluding carboxylic acids is 1. The molecule has 3 aromatic carbocycles. The lowest BCUT2D eigenvalue weighted by Crippen LogP contribution is -2.39. The molecule has 14 heteroatoms. The Kier molecular flexibility index (Phi) is 5.81. The highest BCUT2D eigenvalue weighted by molar-refractivity contribution is 6.13. The molecule has 1 aliphatic rings. The molecule has 212 valence electrons. The van der Waals surface area contributed by atoms with Gasteiger partial charge in [0.15, 0.2) is 5.69 Å². The van der Waals surface area contributed by atoms with Crippen molar-refractivity contribution in [1.29, 1.82) is 0 Å². The van der Waals surface area contributed by atoms with Crippen LogP contribution in [0, 0.1) is 17.0 Å². The Bertz CT molecular complexity index is 1890. The standard InChI is InChI=1S/C28H20F3N7O4/c1-15-21(24(32)36(34-15)16-8-4-2-5-9-16)27(19-14-18(38(41)42)12-13-20(19)33-26(27)40)22-23(28(29,30)31)35-37(25(22)39)17-10-6-3-7-11-17/h2-14,39H,32H2,1H3,(H,33,40). The quantitative estimate of drug-likeness (QED) is 0.200. The summed E-state index contributed by atoms with van der Waals surface area (Å²) in [7, 11) is 0. The van der Waals surface area contributed by atoms with Crippen molar-refractivity contribution in [3.8, 4) is 17.3 Å². The lowest BCUT2D eigenvalue weighted by atomic mass is 9.69. The van der Waals surface area contributed by atoms with E-state index in [4.69, 9.17) is 5.73 Å². The number of fused-ring (bicyclic) bond motifs is 1. The van der Waals surface area contributed by atoms with Gasteiger partial charge in [0.1, 0.15) is 11.2 Å². The fraction of sp³-hybridized carbons (Fsp3) is 0.107. The number of nitrogens with one attached hydrogen (secondary N) is 1. The van der Waals surface area contributed by atoms with Gasteiger partial charge in [0.25, 0.3) is 5.69 Å². The number of anilines is 2. The molecule has 0 saturated carbocycles. The number of nitrogens with two attached hydrogens (primary N) is 1. The molecule has 11 nitrogen and oxygen atoms in total. The zero-order chi connectivity index (χ0) is 30.0. The van der Waals surface area contributed by atoms with Crippen molar-refractivity contribution < 1.29 is 28.0 Å². The first kappa shape index (κ1) is 26.6. The maximum absolute atomic E-state index is 14.8. The minimum atomic E-state index is -5.18. The molecule has 3 heterocycles. The first-order valence-corrected chi connectivity index (χ1v) is 12.4. The van der Waals surface area contributed by atoms with Gasteiger partial charge in [-0.05, 0) is 37.3 Å². The van der Waals surface area contributed by atoms with Gasteiger partial charge in [-0.15, -0.1) is 0 Å². The summed E-state index contributed by atoms with van der Waals surface area (Å²) < 4.78 is 46.3. The number of nitrogen functional groups attached to an aromatic ring is 1. The molecule has 0 saturated heterocycles. The monoisotopic (exact) mass is 575 g/mol. The lowest BCUT2D eigenvalue weighted by Gasteiger charge is -2.29. The Balaban J connectivity index is 1.79. The van der Waals surface area contributed by atoms with E-state index in [1.54, 1.807) is 36.4 Å². The lowest BCUT2D eigenvalue weighted by molar-refractivity contribution is -0.384. The highest BCUT2D eigenvalue weighted by Gasteiger charge is 2.60. The first-order chi connectivity index (χ1) is 20.0. The molecule has 0 bridgehead atoms. The minimum absolute atomic E-state index is 0.00292. The van der Waals surface area contributed by atoms with Crippen molar-refractivity contribution in [2.45, 2.75) is 18.5 Å². The van der Waals surface area contributed by atoms with Crippen LogP contribution >= 0.6 is 0 Å². The number of hydrogen-bond acceptors (Lipinski definition) is 7. The topological polar surface area (TPSA) is 154 Å². The molecule has 0 fully saturated rings. The number of nitrogens with zero attached hydrogens (tertiary/aromatic N) is 5. The Hall–Kier alpha value is -5.66. The molecular formula is C28H20F3N7O4. The molecule has 0 radical (unpaired) electrons. The molecule has 5 aromatic rings. The van der Waals surface area contributed by atoms with Crippen LogP contribution in [-0.2, 0) is 16.4 Å². The van der Waals surface area contributed by atoms with E-state index in [-0.39, 0.29) is 34.0 Å². The molecule has 4 N–H and O–H groups in total. The Morgan fingerprint density at radius 3 is 2.12 bits per heavy atom. The third kappa shape index (κ3) is 3.72. The summed E-state index contributed by atoms with van der Waals surface area (Å²) in [4.78, 5) is 25.2. The van der Waals surface area contributed by atoms with E-state index in [1.807, 2.05) is 0 Å². The number of aromatic nitrogens is 4. The highest BCUT2D eigenvalue weighted by atomic mass is 19.4. The van der Waals surface area contributed by atoms with Crippen LogP contribution in [-0.4, -0.2) is 35.5 Å². The van der Waals surface area contributed by atoms with E-state index < -0.39 is 45.2 Å². The van der Waals surface area contributed by atoms with Gasteiger partial charge in [0.2, 0.25) is 11.8 Å². The Morgan fingerprint density at radius 1 is 0.952 bits per heavy atom. The van der Waals surface area contributed by atoms with Crippen LogP contribution in [0.2, 0.25) is 0 Å². The largest absolute Gasteiger partial charge is 0.493 e. The van der Waals surface area contributed by atoms with Crippen LogP contribution in [0.4, 0.5) is 30.4 Å². The van der Waals surface area contributed by atoms with Crippen LogP contribution in [0.25, 0.3) is 11.4 Å². The average molecular weight is 576 g/mol. The number of nitro benzene ring substituents is 1. The summed E-state index contributed by atoms with van der Waals surface area (Å²) in [5.74, 6) is -2.25. The van der Waals surface area contributed by atoms with Crippen LogP contribution in [0.3, 0.4) is 0 Å². The van der Waals surface area contributed by atoms with Gasteiger partial charge in [-0.1, -0.05) is 36.4 Å². The van der Waals surface area contributed by atoms with Crippen LogP contribution in [0.5, 0.6) is 5.88 Å². The molecule has 1 amide bonds. The second kappa shape index (κ2) is 9.19. The van der Waals surface area contributed by atoms with Gasteiger partial charge in [-0.3, -0.25) is 14.9 Å². The molecule has 6 rings (SSSR count). The molecule has 1 atom stereocenters. The summed E-state index contributed by atoms with van der Waals surface area (Å²) in [6.45, 7) is 1.45. The highest BCUT2D eigenvalue weighted by Crippen LogP contribution is 2.56. The van der Waals surface area contributed by atoms with Crippen molar-refractivity contribution in [1.82, 2.24) is 19.6 Å². The molecule has 2 aromatic heterocycles. The van der Waals surface area contributed by atoms with Crippen molar-refractivity contribution in [2.24, 2.45) is 0 Å². The number of rotatable bonds is 5. The zero-order valence-corrected chi connectivity index (χ0v) is 21.6. The molecular weight excluding hydrogens is 555 g/mol. The first-order valence-electron chi connectivity index (χ1n) is 12.4. The maximum Gasteiger partial charge on any atom is 0.435 e. The molecule has 0 aliphatic carbocycles. The normalized spacial score (nSPS) is 16.3. The van der Waals surface area contributed by atoms with Gasteiger partial charge in [-0.25, -0.2) is 9.36 Å². The molecule has 42 heavy (non-hydrogen) atoms. The third-order valence-electron chi connectivity index (χ3n) is 7.18. The van der Waals surface area contributed by atoms with Gasteiger partial charge < -0.3 is 16.2 Å². The van der Waals surface area contributed by atoms with Gasteiger partial charge >= 0.3 is 6.18 Å². The fourth-order valence-electron chi connectivity index (χ4n) is 5.50. The third-order valence-corrected chi connectivity index (χ3v) is 7.18. The number of non-ortho nitro benzene ring substituents is 1. The summed E-state index contributed by atoms with van der Waals surface area (Å²) in [5.41, 5.74) is 1.14. The summed E-state index contributed by atoms with van der Waals surface area (Å²) in [5, 5.41) is 34.0. The van der Waals surface area contributed by atoms with Crippen LogP contribution in [0.1, 0.15) is 28.1 Å². The number of halogens is 3. The Labute approximate surface area is 234 Å². The number of benzene rings is 3. The fourth-order valence-corrected chi connectivity index (χ4v) is 5.50. The van der Waals surface area contributed by atoms with Crippen molar-refractivity contribution >= 4 is 23.1 Å². The summed E-state index contributed by atoms with van der Waals surface area (Å²) in [6, 6.07) is 19.3. The maximum atomic E-state index is 14.8. The smallest absolute Gasteiger partial charge is 0.435 e. The molecule has 1 unspecified atom stereocenters. The van der Waals surface area contributed by atoms with E-state index in [9.17, 15) is 33.2 Å². The van der Waals surface area contributed by atoms with E-state index in [0.29, 0.717) is 10.4 Å². The van der Waals surface area contributed by atoms with Crippen LogP contribution in [0.15, 0.2) is 78.9 Å². The number of para-hydroxylation sites is 2. The second-order valence-corrected chi connectivity index (χ2v) is 9.58. The number of alkyl halides is 3. The van der Waals surface area contributed by atoms with Gasteiger partial charge in [-0.2, -0.15) is 23.4 Å². The number of carbonyl (C=O) groups is 1. The molecule has 0 spiro atoms. The average Bonchev–Trinajstić information content (AvgIpc) is 3.57. The van der Waals surface area contributed by atoms with Gasteiger partial charge in [0.05, 0.1) is 27.6 Å². The number of nitro groups is 1. The SMILES string of the molecule is Cc1nn(-c2ccccc2)c(N)c1C1(c2c(C(F)(F)F)nn(-c3ccccc3)c2O)C(=O)Nc2ccc([N+](=O)[O-])cc21. The number of aryl methyl sites for hydroxylation is 1. The van der Waals surface area contributed by atoms with Crippen molar-refractivity contribution in [2.75, 3.05) is 11.1 Å². The van der Waals surface area contributed by atoms with Crippen LogP contribution < -0.4 is 11.1 Å². The number of hydrogen-bond donors (Lipinski definition) is 3. The van der Waals surface area contributed by atoms with Gasteiger partial charge in [0, 0.05) is 28.9 Å². The number of aromatic hydroxyl groups is 1. The predicted molar refractivity (Wildman–Crippen MR) is 145 cm³/mol. The van der Waals surface area contributed by atoms with E-state index in [2.05, 4.69) is 15.5 Å². The molecule has 1 aliphatic heterocycles. The predicted octanol–water partition coefficient (Wildman–Crippen LogP) is 4.87. The van der Waals surface area contributed by atoms with Crippen molar-refractivity contribution in [3.05, 3.63) is 117 Å². The summed E-state index contributed by atoms with van der Waals surface area (Å²) in [6.07, 6.45) is -5.18. The minimum Gasteiger partial charge on any atom is -0.493 e. The van der Waals surface area contributed by atoms with E-state index >= 15 is 0 Å². The number of amides is 1. The zero-order valence-electron chi connectivity index (χ0n) is 21.6. The van der Waals surface area contributed by atoms with Crippen molar-refractivity contribution in [3.63, 3.8) is 0 Å².